The van der Waals surface area contributed by atoms with Crippen LogP contribution in [0.15, 0.2) is 53.4 Å². The van der Waals surface area contributed by atoms with Crippen LogP contribution >= 0.6 is 12.6 Å². The summed E-state index contributed by atoms with van der Waals surface area (Å²) >= 11 is 4.47. The van der Waals surface area contributed by atoms with Gasteiger partial charge in [0.05, 0.1) is 5.56 Å². The van der Waals surface area contributed by atoms with Crippen molar-refractivity contribution in [1.82, 2.24) is 10.2 Å². The molecule has 5 heteroatoms. The van der Waals surface area contributed by atoms with Gasteiger partial charge in [0.25, 0.3) is 5.91 Å². The molecule has 0 spiro atoms. The van der Waals surface area contributed by atoms with Crippen molar-refractivity contribution >= 4 is 18.5 Å². The second-order valence-corrected chi connectivity index (χ2v) is 7.42. The summed E-state index contributed by atoms with van der Waals surface area (Å²) in [6.07, 6.45) is 2.37. The first-order valence-corrected chi connectivity index (χ1v) is 9.53. The molecule has 1 aliphatic heterocycles. The fourth-order valence-corrected chi connectivity index (χ4v) is 3.61. The Hall–Kier alpha value is -1.98. The number of thiol groups is 1. The van der Waals surface area contributed by atoms with Gasteiger partial charge in [0.2, 0.25) is 0 Å². The van der Waals surface area contributed by atoms with Gasteiger partial charge in [-0.05, 0) is 56.1 Å². The molecular weight excluding hydrogens is 344 g/mol. The molecule has 1 heterocycles. The highest BCUT2D eigenvalue weighted by Crippen LogP contribution is 2.22. The predicted molar refractivity (Wildman–Crippen MR) is 107 cm³/mol. The van der Waals surface area contributed by atoms with E-state index in [-0.39, 0.29) is 5.91 Å². The summed E-state index contributed by atoms with van der Waals surface area (Å²) in [5.41, 5.74) is 1.69. The number of carbonyl (C=O) groups excluding carboxylic acids is 1. The first kappa shape index (κ1) is 18.8. The number of amides is 1. The van der Waals surface area contributed by atoms with Crippen LogP contribution in [-0.2, 0) is 6.61 Å². The lowest BCUT2D eigenvalue weighted by Crippen LogP contribution is -2.39. The van der Waals surface area contributed by atoms with Crippen molar-refractivity contribution in [3.63, 3.8) is 0 Å². The van der Waals surface area contributed by atoms with E-state index in [9.17, 15) is 4.79 Å². The Kier molecular flexibility index (Phi) is 6.58. The Morgan fingerprint density at radius 1 is 1.27 bits per heavy atom. The Bertz CT molecular complexity index is 736. The number of rotatable bonds is 6. The van der Waals surface area contributed by atoms with Crippen LogP contribution in [0.25, 0.3) is 0 Å². The zero-order valence-electron chi connectivity index (χ0n) is 15.1. The van der Waals surface area contributed by atoms with Crippen LogP contribution in [0.2, 0.25) is 0 Å². The molecule has 1 unspecified atom stereocenters. The first-order valence-electron chi connectivity index (χ1n) is 9.08. The smallest absolute Gasteiger partial charge is 0.252 e. The molecule has 3 rings (SSSR count). The van der Waals surface area contributed by atoms with Crippen molar-refractivity contribution in [2.24, 2.45) is 5.92 Å². The quantitative estimate of drug-likeness (QED) is 0.763. The van der Waals surface area contributed by atoms with E-state index in [2.05, 4.69) is 29.9 Å². The molecule has 1 aliphatic rings. The molecule has 1 fully saturated rings. The largest absolute Gasteiger partial charge is 0.489 e. The second kappa shape index (κ2) is 9.10. The van der Waals surface area contributed by atoms with Crippen molar-refractivity contribution in [3.05, 3.63) is 59.7 Å². The molecule has 1 atom stereocenters. The minimum Gasteiger partial charge on any atom is -0.489 e. The summed E-state index contributed by atoms with van der Waals surface area (Å²) in [7, 11) is 2.13. The maximum atomic E-state index is 12.5. The number of hydrogen-bond acceptors (Lipinski definition) is 4. The van der Waals surface area contributed by atoms with E-state index in [0.29, 0.717) is 35.3 Å². The maximum absolute atomic E-state index is 12.5. The average Bonchev–Trinajstić information content (AvgIpc) is 2.65. The fourth-order valence-electron chi connectivity index (χ4n) is 3.31. The Balaban J connectivity index is 1.53. The van der Waals surface area contributed by atoms with E-state index in [1.807, 2.05) is 36.4 Å². The molecule has 0 aliphatic carbocycles. The number of carbonyl (C=O) groups is 1. The van der Waals surface area contributed by atoms with Crippen molar-refractivity contribution in [2.45, 2.75) is 24.3 Å². The first-order chi connectivity index (χ1) is 12.6. The zero-order valence-corrected chi connectivity index (χ0v) is 16.0. The standard InChI is InChI=1S/C21H26N2O2S/c1-23-11-5-8-17(14-23)13-22-21(24)19-10-9-18(12-20(19)26)25-15-16-6-3-2-4-7-16/h2-4,6-7,9-10,12,17,26H,5,8,11,13-15H2,1H3,(H,22,24). The molecule has 0 aromatic heterocycles. The molecule has 1 N–H and O–H groups in total. The van der Waals surface area contributed by atoms with Crippen molar-refractivity contribution in [1.29, 1.82) is 0 Å². The van der Waals surface area contributed by atoms with Crippen LogP contribution < -0.4 is 10.1 Å². The van der Waals surface area contributed by atoms with Gasteiger partial charge >= 0.3 is 0 Å². The van der Waals surface area contributed by atoms with E-state index in [0.717, 1.165) is 18.7 Å². The van der Waals surface area contributed by atoms with Crippen molar-refractivity contribution in [3.8, 4) is 5.75 Å². The zero-order chi connectivity index (χ0) is 18.4. The predicted octanol–water partition coefficient (Wildman–Crippen LogP) is 3.63. The van der Waals surface area contributed by atoms with Gasteiger partial charge < -0.3 is 15.0 Å². The van der Waals surface area contributed by atoms with Crippen molar-refractivity contribution in [2.75, 3.05) is 26.7 Å². The number of hydrogen-bond donors (Lipinski definition) is 2. The normalized spacial score (nSPS) is 17.7. The Morgan fingerprint density at radius 2 is 2.08 bits per heavy atom. The number of likely N-dealkylation sites (tertiary alicyclic amines) is 1. The summed E-state index contributed by atoms with van der Waals surface area (Å²) in [5, 5.41) is 3.05. The Morgan fingerprint density at radius 3 is 2.81 bits per heavy atom. The molecular formula is C21H26N2O2S. The topological polar surface area (TPSA) is 41.6 Å². The van der Waals surface area contributed by atoms with Gasteiger partial charge in [0.1, 0.15) is 12.4 Å². The summed E-state index contributed by atoms with van der Waals surface area (Å²) < 4.78 is 5.79. The van der Waals surface area contributed by atoms with E-state index in [1.165, 1.54) is 12.8 Å². The lowest BCUT2D eigenvalue weighted by Gasteiger charge is -2.29. The number of piperidine rings is 1. The van der Waals surface area contributed by atoms with Gasteiger partial charge in [-0.15, -0.1) is 12.6 Å². The van der Waals surface area contributed by atoms with Gasteiger partial charge in [-0.3, -0.25) is 4.79 Å². The van der Waals surface area contributed by atoms with Crippen LogP contribution in [0, 0.1) is 5.92 Å². The molecule has 0 saturated carbocycles. The van der Waals surface area contributed by atoms with Crippen LogP contribution in [0.5, 0.6) is 5.75 Å². The Labute approximate surface area is 161 Å². The summed E-state index contributed by atoms with van der Waals surface area (Å²) in [4.78, 5) is 15.4. The third-order valence-corrected chi connectivity index (χ3v) is 5.11. The summed E-state index contributed by atoms with van der Waals surface area (Å²) in [6.45, 7) is 3.40. The third kappa shape index (κ3) is 5.26. The molecule has 2 aromatic carbocycles. The molecule has 0 bridgehead atoms. The summed E-state index contributed by atoms with van der Waals surface area (Å²) in [5.74, 6) is 1.16. The number of nitrogens with one attached hydrogen (secondary N) is 1. The highest BCUT2D eigenvalue weighted by molar-refractivity contribution is 7.80. The van der Waals surface area contributed by atoms with Gasteiger partial charge in [0, 0.05) is 18.0 Å². The number of ether oxygens (including phenoxy) is 1. The second-order valence-electron chi connectivity index (χ2n) is 6.93. The van der Waals surface area contributed by atoms with Crippen LogP contribution in [0.4, 0.5) is 0 Å². The third-order valence-electron chi connectivity index (χ3n) is 4.74. The molecule has 1 saturated heterocycles. The van der Waals surface area contributed by atoms with E-state index >= 15 is 0 Å². The minimum atomic E-state index is -0.0714. The minimum absolute atomic E-state index is 0.0714. The van der Waals surface area contributed by atoms with Gasteiger partial charge in [0.15, 0.2) is 0 Å². The van der Waals surface area contributed by atoms with Crippen LogP contribution in [0.3, 0.4) is 0 Å². The SMILES string of the molecule is CN1CCCC(CNC(=O)c2ccc(OCc3ccccc3)cc2S)C1. The lowest BCUT2D eigenvalue weighted by atomic mass is 9.98. The summed E-state index contributed by atoms with van der Waals surface area (Å²) in [6, 6.07) is 15.4. The van der Waals surface area contributed by atoms with Gasteiger partial charge in [-0.25, -0.2) is 0 Å². The lowest BCUT2D eigenvalue weighted by molar-refractivity contribution is 0.0934. The molecule has 26 heavy (non-hydrogen) atoms. The number of nitrogens with zero attached hydrogens (tertiary/aromatic N) is 1. The molecule has 4 nitrogen and oxygen atoms in total. The van der Waals surface area contributed by atoms with Crippen molar-refractivity contribution < 1.29 is 9.53 Å². The van der Waals surface area contributed by atoms with Crippen LogP contribution in [-0.4, -0.2) is 37.5 Å². The number of benzene rings is 2. The molecule has 2 aromatic rings. The van der Waals surface area contributed by atoms with E-state index < -0.39 is 0 Å². The van der Waals surface area contributed by atoms with Gasteiger partial charge in [-0.2, -0.15) is 0 Å². The fraction of sp³-hybridized carbons (Fsp3) is 0.381. The van der Waals surface area contributed by atoms with E-state index in [4.69, 9.17) is 4.74 Å². The molecule has 0 radical (unpaired) electrons. The molecule has 138 valence electrons. The highest BCUT2D eigenvalue weighted by Gasteiger charge is 2.18. The average molecular weight is 371 g/mol. The molecule has 1 amide bonds. The maximum Gasteiger partial charge on any atom is 0.252 e. The highest BCUT2D eigenvalue weighted by atomic mass is 32.1. The monoisotopic (exact) mass is 370 g/mol. The van der Waals surface area contributed by atoms with E-state index in [1.54, 1.807) is 12.1 Å². The van der Waals surface area contributed by atoms with Crippen LogP contribution in [0.1, 0.15) is 28.8 Å². The van der Waals surface area contributed by atoms with Gasteiger partial charge in [-0.1, -0.05) is 30.3 Å².